The lowest BCUT2D eigenvalue weighted by molar-refractivity contribution is -0.385. The highest BCUT2D eigenvalue weighted by atomic mass is 32.2. The van der Waals surface area contributed by atoms with Crippen LogP contribution in [0.25, 0.3) is 0 Å². The van der Waals surface area contributed by atoms with E-state index in [9.17, 15) is 18.5 Å². The Kier molecular flexibility index (Phi) is 6.06. The molecule has 1 aromatic carbocycles. The van der Waals surface area contributed by atoms with Crippen LogP contribution in [0.4, 0.5) is 11.4 Å². The second-order valence-corrected chi connectivity index (χ2v) is 6.05. The van der Waals surface area contributed by atoms with Gasteiger partial charge in [-0.3, -0.25) is 10.1 Å². The van der Waals surface area contributed by atoms with Gasteiger partial charge in [-0.05, 0) is 12.5 Å². The molecule has 0 aliphatic rings. The number of non-ortho nitro benzene ring substituents is 1. The molecule has 1 atom stereocenters. The molecule has 0 fully saturated rings. The van der Waals surface area contributed by atoms with E-state index in [4.69, 9.17) is 4.74 Å². The summed E-state index contributed by atoms with van der Waals surface area (Å²) >= 11 is 0. The van der Waals surface area contributed by atoms with E-state index in [0.29, 0.717) is 12.1 Å². The Balaban J connectivity index is 3.22. The third-order valence-corrected chi connectivity index (χ3v) is 4.48. The monoisotopic (exact) mass is 317 g/mol. The first-order valence-electron chi connectivity index (χ1n) is 6.33. The van der Waals surface area contributed by atoms with Gasteiger partial charge in [0.2, 0.25) is 10.0 Å². The van der Waals surface area contributed by atoms with Crippen LogP contribution in [0.5, 0.6) is 0 Å². The standard InChI is InChI=1S/C12H19N3O5S/c1-4-9(8-20-3)14-21(18,19)12-7-10(15(16)17)5-6-11(12)13-2/h5-7,9,13-14H,4,8H2,1-3H3. The van der Waals surface area contributed by atoms with Crippen LogP contribution in [0.2, 0.25) is 0 Å². The number of hydrogen-bond acceptors (Lipinski definition) is 6. The Morgan fingerprint density at radius 1 is 1.43 bits per heavy atom. The summed E-state index contributed by atoms with van der Waals surface area (Å²) in [7, 11) is -0.866. The van der Waals surface area contributed by atoms with Crippen molar-refractivity contribution in [2.75, 3.05) is 26.1 Å². The van der Waals surface area contributed by atoms with Crippen molar-refractivity contribution in [3.8, 4) is 0 Å². The van der Waals surface area contributed by atoms with Gasteiger partial charge in [0.1, 0.15) is 4.90 Å². The number of ether oxygens (including phenoxy) is 1. The molecule has 0 radical (unpaired) electrons. The molecule has 9 heteroatoms. The maximum absolute atomic E-state index is 12.4. The second-order valence-electron chi connectivity index (χ2n) is 4.37. The molecular formula is C12H19N3O5S. The zero-order chi connectivity index (χ0) is 16.0. The minimum atomic E-state index is -3.89. The molecule has 118 valence electrons. The Hall–Kier alpha value is -1.71. The summed E-state index contributed by atoms with van der Waals surface area (Å²) in [6, 6.07) is 3.25. The number of rotatable bonds is 8. The smallest absolute Gasteiger partial charge is 0.270 e. The summed E-state index contributed by atoms with van der Waals surface area (Å²) in [6.45, 7) is 2.04. The van der Waals surface area contributed by atoms with Crippen molar-refractivity contribution in [3.05, 3.63) is 28.3 Å². The normalized spacial score (nSPS) is 12.9. The van der Waals surface area contributed by atoms with Crippen molar-refractivity contribution < 1.29 is 18.1 Å². The van der Waals surface area contributed by atoms with Gasteiger partial charge in [0.15, 0.2) is 0 Å². The molecule has 0 saturated carbocycles. The summed E-state index contributed by atoms with van der Waals surface area (Å²) < 4.78 is 32.2. The van der Waals surface area contributed by atoms with E-state index < -0.39 is 21.0 Å². The second kappa shape index (κ2) is 7.34. The van der Waals surface area contributed by atoms with Crippen LogP contribution in [0.15, 0.2) is 23.1 Å². The van der Waals surface area contributed by atoms with E-state index >= 15 is 0 Å². The highest BCUT2D eigenvalue weighted by Crippen LogP contribution is 2.26. The molecule has 0 aliphatic heterocycles. The van der Waals surface area contributed by atoms with Crippen LogP contribution in [0.3, 0.4) is 0 Å². The molecule has 0 amide bonds. The number of nitrogens with zero attached hydrogens (tertiary/aromatic N) is 1. The van der Waals surface area contributed by atoms with Crippen molar-refractivity contribution in [1.82, 2.24) is 4.72 Å². The Morgan fingerprint density at radius 2 is 2.10 bits per heavy atom. The molecule has 0 aromatic heterocycles. The molecular weight excluding hydrogens is 298 g/mol. The predicted molar refractivity (Wildman–Crippen MR) is 78.9 cm³/mol. The summed E-state index contributed by atoms with van der Waals surface area (Å²) in [4.78, 5) is 10.0. The number of benzene rings is 1. The number of sulfonamides is 1. The van der Waals surface area contributed by atoms with E-state index in [1.54, 1.807) is 7.05 Å². The minimum absolute atomic E-state index is 0.159. The van der Waals surface area contributed by atoms with Crippen LogP contribution in [0, 0.1) is 10.1 Å². The zero-order valence-corrected chi connectivity index (χ0v) is 12.9. The van der Waals surface area contributed by atoms with Crippen LogP contribution >= 0.6 is 0 Å². The zero-order valence-electron chi connectivity index (χ0n) is 12.1. The lowest BCUT2D eigenvalue weighted by Crippen LogP contribution is -2.37. The first kappa shape index (κ1) is 17.3. The number of hydrogen-bond donors (Lipinski definition) is 2. The van der Waals surface area contributed by atoms with Crippen LogP contribution in [-0.4, -0.2) is 40.1 Å². The first-order chi connectivity index (χ1) is 9.85. The molecule has 0 bridgehead atoms. The fraction of sp³-hybridized carbons (Fsp3) is 0.500. The van der Waals surface area contributed by atoms with Gasteiger partial charge < -0.3 is 10.1 Å². The van der Waals surface area contributed by atoms with Gasteiger partial charge in [-0.15, -0.1) is 0 Å². The van der Waals surface area contributed by atoms with Crippen molar-refractivity contribution in [3.63, 3.8) is 0 Å². The van der Waals surface area contributed by atoms with Gasteiger partial charge in [0.05, 0.1) is 17.2 Å². The number of anilines is 1. The lowest BCUT2D eigenvalue weighted by atomic mass is 10.3. The SMILES string of the molecule is CCC(COC)NS(=O)(=O)c1cc([N+](=O)[O-])ccc1NC. The average molecular weight is 317 g/mol. The highest BCUT2D eigenvalue weighted by Gasteiger charge is 2.24. The summed E-state index contributed by atoms with van der Waals surface area (Å²) in [5, 5.41) is 13.5. The lowest BCUT2D eigenvalue weighted by Gasteiger charge is -2.17. The summed E-state index contributed by atoms with van der Waals surface area (Å²) in [5.41, 5.74) is 0.00883. The predicted octanol–water partition coefficient (Wildman–Crippen LogP) is 1.34. The van der Waals surface area contributed by atoms with Gasteiger partial charge >= 0.3 is 0 Å². The van der Waals surface area contributed by atoms with Gasteiger partial charge in [-0.2, -0.15) is 0 Å². The van der Waals surface area contributed by atoms with Crippen LogP contribution < -0.4 is 10.0 Å². The van der Waals surface area contributed by atoms with Crippen molar-refractivity contribution in [2.45, 2.75) is 24.3 Å². The molecule has 21 heavy (non-hydrogen) atoms. The van der Waals surface area contributed by atoms with E-state index in [1.807, 2.05) is 6.92 Å². The molecule has 1 unspecified atom stereocenters. The molecule has 1 aromatic rings. The highest BCUT2D eigenvalue weighted by molar-refractivity contribution is 7.89. The minimum Gasteiger partial charge on any atom is -0.387 e. The van der Waals surface area contributed by atoms with E-state index in [-0.39, 0.29) is 17.2 Å². The molecule has 0 aliphatic carbocycles. The van der Waals surface area contributed by atoms with Crippen LogP contribution in [0.1, 0.15) is 13.3 Å². The van der Waals surface area contributed by atoms with Gasteiger partial charge in [0.25, 0.3) is 5.69 Å². The van der Waals surface area contributed by atoms with E-state index in [2.05, 4.69) is 10.0 Å². The molecule has 0 heterocycles. The Morgan fingerprint density at radius 3 is 2.57 bits per heavy atom. The number of nitro benzene ring substituents is 1. The number of nitrogens with one attached hydrogen (secondary N) is 2. The fourth-order valence-corrected chi connectivity index (χ4v) is 3.31. The molecule has 2 N–H and O–H groups in total. The molecule has 0 saturated heterocycles. The quantitative estimate of drug-likeness (QED) is 0.553. The fourth-order valence-electron chi connectivity index (χ4n) is 1.77. The molecule has 1 rings (SSSR count). The van der Waals surface area contributed by atoms with E-state index in [0.717, 1.165) is 6.07 Å². The topological polar surface area (TPSA) is 111 Å². The Bertz CT molecular complexity index is 603. The first-order valence-corrected chi connectivity index (χ1v) is 7.81. The third-order valence-electron chi connectivity index (χ3n) is 2.92. The van der Waals surface area contributed by atoms with Crippen molar-refractivity contribution in [2.24, 2.45) is 0 Å². The van der Waals surface area contributed by atoms with Crippen molar-refractivity contribution >= 4 is 21.4 Å². The maximum atomic E-state index is 12.4. The number of methoxy groups -OCH3 is 1. The molecule has 0 spiro atoms. The maximum Gasteiger partial charge on any atom is 0.270 e. The van der Waals surface area contributed by atoms with Gasteiger partial charge in [0, 0.05) is 32.3 Å². The van der Waals surface area contributed by atoms with E-state index in [1.165, 1.54) is 19.2 Å². The largest absolute Gasteiger partial charge is 0.387 e. The van der Waals surface area contributed by atoms with Crippen LogP contribution in [-0.2, 0) is 14.8 Å². The Labute approximate surface area is 123 Å². The van der Waals surface area contributed by atoms with Gasteiger partial charge in [-0.1, -0.05) is 6.92 Å². The third kappa shape index (κ3) is 4.38. The summed E-state index contributed by atoms with van der Waals surface area (Å²) in [5.74, 6) is 0. The molecule has 8 nitrogen and oxygen atoms in total. The average Bonchev–Trinajstić information content (AvgIpc) is 2.45. The number of nitro groups is 1. The van der Waals surface area contributed by atoms with Crippen molar-refractivity contribution in [1.29, 1.82) is 0 Å². The summed E-state index contributed by atoms with van der Waals surface area (Å²) in [6.07, 6.45) is 0.539. The van der Waals surface area contributed by atoms with Gasteiger partial charge in [-0.25, -0.2) is 13.1 Å².